The fourth-order valence-corrected chi connectivity index (χ4v) is 3.55. The molecular weight excluding hydrogens is 430 g/mol. The molecule has 2 aromatic carbocycles. The van der Waals surface area contributed by atoms with Crippen molar-refractivity contribution >= 4 is 23.4 Å². The van der Waals surface area contributed by atoms with Crippen molar-refractivity contribution in [2.45, 2.75) is 19.5 Å². The minimum atomic E-state index is -0.651. The molecule has 1 N–H and O–H groups in total. The van der Waals surface area contributed by atoms with Crippen molar-refractivity contribution in [3.05, 3.63) is 65.2 Å². The van der Waals surface area contributed by atoms with Crippen LogP contribution in [0.1, 0.15) is 12.5 Å². The lowest BCUT2D eigenvalue weighted by Crippen LogP contribution is -2.50. The molecule has 0 radical (unpaired) electrons. The van der Waals surface area contributed by atoms with Gasteiger partial charge in [-0.25, -0.2) is 0 Å². The molecule has 32 heavy (non-hydrogen) atoms. The number of carbonyl (C=O) groups excluding carboxylic acids is 2. The number of carbonyl (C=O) groups is 2. The Bertz CT molecular complexity index is 857. The fraction of sp³-hybridized carbons (Fsp3) is 0.417. The number of rotatable bonds is 10. The molecule has 8 heteroatoms. The Hall–Kier alpha value is -2.61. The molecule has 0 saturated carbocycles. The monoisotopic (exact) mass is 459 g/mol. The molecule has 1 heterocycles. The van der Waals surface area contributed by atoms with Crippen LogP contribution in [0.25, 0.3) is 0 Å². The summed E-state index contributed by atoms with van der Waals surface area (Å²) < 4.78 is 11.0. The summed E-state index contributed by atoms with van der Waals surface area (Å²) in [6, 6.07) is 15.7. The van der Waals surface area contributed by atoms with E-state index in [-0.39, 0.29) is 25.0 Å². The topological polar surface area (TPSA) is 71.1 Å². The van der Waals surface area contributed by atoms with Crippen LogP contribution in [0.5, 0.6) is 5.75 Å². The first kappa shape index (κ1) is 24.0. The smallest absolute Gasteiger partial charge is 0.261 e. The van der Waals surface area contributed by atoms with E-state index in [0.717, 1.165) is 38.4 Å². The van der Waals surface area contributed by atoms with E-state index in [4.69, 9.17) is 21.1 Å². The van der Waals surface area contributed by atoms with Crippen molar-refractivity contribution in [2.75, 3.05) is 46.0 Å². The highest BCUT2D eigenvalue weighted by atomic mass is 35.5. The van der Waals surface area contributed by atoms with E-state index in [1.807, 2.05) is 30.3 Å². The predicted octanol–water partition coefficient (Wildman–Crippen LogP) is 2.58. The van der Waals surface area contributed by atoms with Crippen molar-refractivity contribution in [1.29, 1.82) is 0 Å². The number of nitrogens with zero attached hydrogens (tertiary/aromatic N) is 2. The van der Waals surface area contributed by atoms with Gasteiger partial charge in [0.2, 0.25) is 5.91 Å². The third-order valence-electron chi connectivity index (χ3n) is 5.37. The average molecular weight is 460 g/mol. The Balaban J connectivity index is 1.60. The molecule has 0 unspecified atom stereocenters. The molecule has 0 spiro atoms. The van der Waals surface area contributed by atoms with Crippen LogP contribution in [0.3, 0.4) is 0 Å². The van der Waals surface area contributed by atoms with Gasteiger partial charge in [-0.05, 0) is 36.8 Å². The van der Waals surface area contributed by atoms with Gasteiger partial charge in [-0.2, -0.15) is 0 Å². The number of nitrogens with one attached hydrogen (secondary N) is 1. The van der Waals surface area contributed by atoms with Crippen molar-refractivity contribution in [3.8, 4) is 5.75 Å². The van der Waals surface area contributed by atoms with Gasteiger partial charge in [0.15, 0.2) is 6.61 Å². The zero-order valence-electron chi connectivity index (χ0n) is 18.3. The molecule has 0 bridgehead atoms. The van der Waals surface area contributed by atoms with Crippen LogP contribution in [0.2, 0.25) is 5.02 Å². The third kappa shape index (κ3) is 7.51. The van der Waals surface area contributed by atoms with Gasteiger partial charge in [-0.1, -0.05) is 41.9 Å². The summed E-state index contributed by atoms with van der Waals surface area (Å²) in [5.74, 6) is 0.148. The van der Waals surface area contributed by atoms with Crippen LogP contribution in [0.15, 0.2) is 54.6 Å². The van der Waals surface area contributed by atoms with E-state index in [1.165, 1.54) is 4.90 Å². The summed E-state index contributed by atoms with van der Waals surface area (Å²) >= 11 is 5.99. The molecule has 0 aromatic heterocycles. The molecule has 3 rings (SSSR count). The SMILES string of the molecule is C[C@@H](C(=O)NCCN1CCOCC1)N(Cc1ccc(Cl)cc1)C(=O)COc1ccccc1. The molecule has 2 amide bonds. The molecule has 1 aliphatic rings. The first-order valence-corrected chi connectivity index (χ1v) is 11.2. The summed E-state index contributed by atoms with van der Waals surface area (Å²) in [5, 5.41) is 3.57. The number of halogens is 1. The van der Waals surface area contributed by atoms with E-state index >= 15 is 0 Å². The van der Waals surface area contributed by atoms with Gasteiger partial charge in [0.05, 0.1) is 13.2 Å². The Morgan fingerprint density at radius 2 is 1.81 bits per heavy atom. The first-order valence-electron chi connectivity index (χ1n) is 10.8. The zero-order chi connectivity index (χ0) is 22.8. The second-order valence-electron chi connectivity index (χ2n) is 7.67. The van der Waals surface area contributed by atoms with Crippen LogP contribution >= 0.6 is 11.6 Å². The second-order valence-corrected chi connectivity index (χ2v) is 8.11. The second kappa shape index (κ2) is 12.4. The highest BCUT2D eigenvalue weighted by Gasteiger charge is 2.26. The van der Waals surface area contributed by atoms with Gasteiger partial charge in [0.25, 0.3) is 5.91 Å². The van der Waals surface area contributed by atoms with Gasteiger partial charge >= 0.3 is 0 Å². The third-order valence-corrected chi connectivity index (χ3v) is 5.62. The Morgan fingerprint density at radius 1 is 1.12 bits per heavy atom. The summed E-state index contributed by atoms with van der Waals surface area (Å²) in [5.41, 5.74) is 0.885. The maximum Gasteiger partial charge on any atom is 0.261 e. The van der Waals surface area contributed by atoms with E-state index < -0.39 is 6.04 Å². The highest BCUT2D eigenvalue weighted by molar-refractivity contribution is 6.30. The molecule has 2 aromatic rings. The van der Waals surface area contributed by atoms with Crippen molar-refractivity contribution in [2.24, 2.45) is 0 Å². The largest absolute Gasteiger partial charge is 0.484 e. The maximum absolute atomic E-state index is 13.0. The number of para-hydroxylation sites is 1. The fourth-order valence-electron chi connectivity index (χ4n) is 3.42. The van der Waals surface area contributed by atoms with Crippen LogP contribution in [0, 0.1) is 0 Å². The quantitative estimate of drug-likeness (QED) is 0.591. The van der Waals surface area contributed by atoms with Crippen LogP contribution < -0.4 is 10.1 Å². The van der Waals surface area contributed by atoms with Gasteiger partial charge in [0.1, 0.15) is 11.8 Å². The maximum atomic E-state index is 13.0. The van der Waals surface area contributed by atoms with Crippen molar-refractivity contribution < 1.29 is 19.1 Å². The van der Waals surface area contributed by atoms with Gasteiger partial charge < -0.3 is 19.7 Å². The molecular formula is C24H30ClN3O4. The molecule has 172 valence electrons. The number of morpholine rings is 1. The van der Waals surface area contributed by atoms with Crippen LogP contribution in [-0.2, 0) is 20.9 Å². The summed E-state index contributed by atoms with van der Waals surface area (Å²) in [6.45, 7) is 6.31. The van der Waals surface area contributed by atoms with Gasteiger partial charge in [-0.15, -0.1) is 0 Å². The lowest BCUT2D eigenvalue weighted by atomic mass is 10.1. The van der Waals surface area contributed by atoms with Gasteiger partial charge in [-0.3, -0.25) is 14.5 Å². The van der Waals surface area contributed by atoms with E-state index in [1.54, 1.807) is 31.2 Å². The van der Waals surface area contributed by atoms with Crippen LogP contribution in [-0.4, -0.2) is 73.7 Å². The lowest BCUT2D eigenvalue weighted by Gasteiger charge is -2.30. The Morgan fingerprint density at radius 3 is 2.50 bits per heavy atom. The van der Waals surface area contributed by atoms with E-state index in [0.29, 0.717) is 17.3 Å². The van der Waals surface area contributed by atoms with Crippen molar-refractivity contribution in [1.82, 2.24) is 15.1 Å². The number of amides is 2. The molecule has 0 aliphatic carbocycles. The molecule has 1 aliphatic heterocycles. The van der Waals surface area contributed by atoms with E-state index in [2.05, 4.69) is 10.2 Å². The molecule has 1 saturated heterocycles. The standard InChI is InChI=1S/C24H30ClN3O4/c1-19(24(30)26-11-12-27-13-15-31-16-14-27)28(17-20-7-9-21(25)10-8-20)23(29)18-32-22-5-3-2-4-6-22/h2-10,19H,11-18H2,1H3,(H,26,30)/t19-/m0/s1. The zero-order valence-corrected chi connectivity index (χ0v) is 19.1. The predicted molar refractivity (Wildman–Crippen MR) is 124 cm³/mol. The first-order chi connectivity index (χ1) is 15.5. The number of hydrogen-bond donors (Lipinski definition) is 1. The number of hydrogen-bond acceptors (Lipinski definition) is 5. The van der Waals surface area contributed by atoms with Gasteiger partial charge in [0, 0.05) is 37.7 Å². The Kier molecular flexibility index (Phi) is 9.34. The average Bonchev–Trinajstić information content (AvgIpc) is 2.83. The number of benzene rings is 2. The molecule has 1 fully saturated rings. The summed E-state index contributed by atoms with van der Waals surface area (Å²) in [4.78, 5) is 29.7. The van der Waals surface area contributed by atoms with Crippen molar-refractivity contribution in [3.63, 3.8) is 0 Å². The van der Waals surface area contributed by atoms with Crippen LogP contribution in [0.4, 0.5) is 0 Å². The lowest BCUT2D eigenvalue weighted by molar-refractivity contribution is -0.142. The summed E-state index contributed by atoms with van der Waals surface area (Å²) in [6.07, 6.45) is 0. The minimum Gasteiger partial charge on any atom is -0.484 e. The van der Waals surface area contributed by atoms with E-state index in [9.17, 15) is 9.59 Å². The molecule has 7 nitrogen and oxygen atoms in total. The number of ether oxygens (including phenoxy) is 2. The normalized spacial score (nSPS) is 15.1. The Labute approximate surface area is 194 Å². The molecule has 1 atom stereocenters. The summed E-state index contributed by atoms with van der Waals surface area (Å²) in [7, 11) is 0. The minimum absolute atomic E-state index is 0.150. The highest BCUT2D eigenvalue weighted by Crippen LogP contribution is 2.15.